The zero-order valence-electron chi connectivity index (χ0n) is 9.74. The summed E-state index contributed by atoms with van der Waals surface area (Å²) in [5.74, 6) is 1.61. The van der Waals surface area contributed by atoms with E-state index in [9.17, 15) is 4.79 Å². The highest BCUT2D eigenvalue weighted by Crippen LogP contribution is 2.22. The van der Waals surface area contributed by atoms with Crippen LogP contribution in [-0.4, -0.2) is 24.1 Å². The fourth-order valence-corrected chi connectivity index (χ4v) is 2.17. The largest absolute Gasteiger partial charge is 0.462 e. The Labute approximate surface area is 111 Å². The zero-order valence-corrected chi connectivity index (χ0v) is 11.3. The molecule has 0 radical (unpaired) electrons. The summed E-state index contributed by atoms with van der Waals surface area (Å²) in [6, 6.07) is 4.96. The van der Waals surface area contributed by atoms with Gasteiger partial charge in [0.15, 0.2) is 0 Å². The van der Waals surface area contributed by atoms with Crippen molar-refractivity contribution in [2.24, 2.45) is 0 Å². The third-order valence-corrected chi connectivity index (χ3v) is 3.42. The lowest BCUT2D eigenvalue weighted by atomic mass is 10.2. The molecule has 0 amide bonds. The van der Waals surface area contributed by atoms with E-state index >= 15 is 0 Å². The SMILES string of the molecule is CCSCCCOC(=O)c1c(N)cccc1Cl. The first-order chi connectivity index (χ1) is 8.16. The van der Waals surface area contributed by atoms with Gasteiger partial charge in [-0.05, 0) is 30.1 Å². The highest BCUT2D eigenvalue weighted by atomic mass is 35.5. The van der Waals surface area contributed by atoms with Crippen molar-refractivity contribution in [3.8, 4) is 0 Å². The molecular weight excluding hydrogens is 258 g/mol. The van der Waals surface area contributed by atoms with E-state index in [1.807, 2.05) is 11.8 Å². The van der Waals surface area contributed by atoms with Gasteiger partial charge in [0, 0.05) is 5.69 Å². The first-order valence-corrected chi connectivity index (χ1v) is 6.99. The van der Waals surface area contributed by atoms with Gasteiger partial charge in [-0.2, -0.15) is 11.8 Å². The van der Waals surface area contributed by atoms with Crippen LogP contribution in [0.1, 0.15) is 23.7 Å². The summed E-state index contributed by atoms with van der Waals surface area (Å²) in [7, 11) is 0. The van der Waals surface area contributed by atoms with Gasteiger partial charge in [-0.15, -0.1) is 0 Å². The molecule has 0 heterocycles. The molecule has 0 atom stereocenters. The molecule has 0 spiro atoms. The Morgan fingerprint density at radius 2 is 2.29 bits per heavy atom. The molecule has 0 aliphatic rings. The second-order valence-electron chi connectivity index (χ2n) is 3.39. The molecule has 0 saturated carbocycles. The van der Waals surface area contributed by atoms with Gasteiger partial charge < -0.3 is 10.5 Å². The summed E-state index contributed by atoms with van der Waals surface area (Å²) in [5.41, 5.74) is 6.30. The van der Waals surface area contributed by atoms with E-state index in [1.165, 1.54) is 0 Å². The number of ether oxygens (including phenoxy) is 1. The van der Waals surface area contributed by atoms with Gasteiger partial charge in [-0.25, -0.2) is 4.79 Å². The monoisotopic (exact) mass is 273 g/mol. The van der Waals surface area contributed by atoms with Crippen molar-refractivity contribution in [2.45, 2.75) is 13.3 Å². The third kappa shape index (κ3) is 4.48. The third-order valence-electron chi connectivity index (χ3n) is 2.12. The predicted molar refractivity (Wildman–Crippen MR) is 73.8 cm³/mol. The maximum atomic E-state index is 11.7. The van der Waals surface area contributed by atoms with Gasteiger partial charge in [0.25, 0.3) is 0 Å². The number of halogens is 1. The quantitative estimate of drug-likeness (QED) is 0.491. The molecule has 17 heavy (non-hydrogen) atoms. The van der Waals surface area contributed by atoms with Crippen molar-refractivity contribution >= 4 is 35.0 Å². The Morgan fingerprint density at radius 3 is 2.94 bits per heavy atom. The first kappa shape index (κ1) is 14.2. The summed E-state index contributed by atoms with van der Waals surface area (Å²) in [5, 5.41) is 0.331. The van der Waals surface area contributed by atoms with Crippen LogP contribution < -0.4 is 5.73 Å². The maximum absolute atomic E-state index is 11.7. The van der Waals surface area contributed by atoms with Gasteiger partial charge >= 0.3 is 5.97 Å². The lowest BCUT2D eigenvalue weighted by Crippen LogP contribution is -2.10. The van der Waals surface area contributed by atoms with Crippen LogP contribution in [-0.2, 0) is 4.74 Å². The number of rotatable bonds is 6. The van der Waals surface area contributed by atoms with Crippen molar-refractivity contribution in [2.75, 3.05) is 23.8 Å². The van der Waals surface area contributed by atoms with Gasteiger partial charge in [-0.1, -0.05) is 24.6 Å². The number of carbonyl (C=O) groups is 1. The molecular formula is C12H16ClNO2S. The molecule has 0 aliphatic heterocycles. The summed E-state index contributed by atoms with van der Waals surface area (Å²) in [4.78, 5) is 11.7. The molecule has 0 aliphatic carbocycles. The van der Waals surface area contributed by atoms with Gasteiger partial charge in [0.2, 0.25) is 0 Å². The Morgan fingerprint density at radius 1 is 1.53 bits per heavy atom. The van der Waals surface area contributed by atoms with Crippen LogP contribution >= 0.6 is 23.4 Å². The van der Waals surface area contributed by atoms with Gasteiger partial charge in [0.05, 0.1) is 11.6 Å². The van der Waals surface area contributed by atoms with Gasteiger partial charge in [-0.3, -0.25) is 0 Å². The Kier molecular flexibility index (Phi) is 6.22. The Bertz CT molecular complexity index is 365. The molecule has 2 N–H and O–H groups in total. The zero-order chi connectivity index (χ0) is 12.7. The smallest absolute Gasteiger partial charge is 0.341 e. The Hall–Kier alpha value is -0.870. The number of hydrogen-bond acceptors (Lipinski definition) is 4. The topological polar surface area (TPSA) is 52.3 Å². The first-order valence-electron chi connectivity index (χ1n) is 5.45. The minimum Gasteiger partial charge on any atom is -0.462 e. The van der Waals surface area contributed by atoms with Crippen LogP contribution in [0, 0.1) is 0 Å². The average molecular weight is 274 g/mol. The molecule has 0 fully saturated rings. The number of nitrogens with two attached hydrogens (primary N) is 1. The Balaban J connectivity index is 2.47. The molecule has 1 rings (SSSR count). The summed E-state index contributed by atoms with van der Waals surface area (Å²) in [6.45, 7) is 2.50. The fourth-order valence-electron chi connectivity index (χ4n) is 1.30. The molecule has 0 bridgehead atoms. The van der Waals surface area contributed by atoms with Crippen LogP contribution in [0.5, 0.6) is 0 Å². The van der Waals surface area contributed by atoms with Crippen LogP contribution in [0.25, 0.3) is 0 Å². The minimum atomic E-state index is -0.449. The van der Waals surface area contributed by atoms with E-state index in [0.717, 1.165) is 17.9 Å². The molecule has 1 aromatic rings. The van der Waals surface area contributed by atoms with Gasteiger partial charge in [0.1, 0.15) is 5.56 Å². The van der Waals surface area contributed by atoms with Crippen molar-refractivity contribution in [3.63, 3.8) is 0 Å². The number of nitrogen functional groups attached to an aromatic ring is 1. The van der Waals surface area contributed by atoms with Crippen molar-refractivity contribution in [1.29, 1.82) is 0 Å². The second kappa shape index (κ2) is 7.45. The van der Waals surface area contributed by atoms with Crippen LogP contribution in [0.3, 0.4) is 0 Å². The number of carbonyl (C=O) groups excluding carboxylic acids is 1. The molecule has 0 saturated heterocycles. The van der Waals surface area contributed by atoms with E-state index in [2.05, 4.69) is 6.92 Å². The molecule has 0 unspecified atom stereocenters. The van der Waals surface area contributed by atoms with E-state index in [4.69, 9.17) is 22.1 Å². The highest BCUT2D eigenvalue weighted by Gasteiger charge is 2.14. The summed E-state index contributed by atoms with van der Waals surface area (Å²) >= 11 is 7.72. The number of esters is 1. The molecule has 5 heteroatoms. The van der Waals surface area contributed by atoms with E-state index < -0.39 is 5.97 Å². The minimum absolute atomic E-state index is 0.261. The number of hydrogen-bond donors (Lipinski definition) is 1. The predicted octanol–water partition coefficient (Wildman–Crippen LogP) is 3.22. The normalized spacial score (nSPS) is 10.2. The highest BCUT2D eigenvalue weighted by molar-refractivity contribution is 7.99. The average Bonchev–Trinajstić information content (AvgIpc) is 2.28. The fraction of sp³-hybridized carbons (Fsp3) is 0.417. The summed E-state index contributed by atoms with van der Waals surface area (Å²) < 4.78 is 5.12. The van der Waals surface area contributed by atoms with Crippen LogP contribution in [0.2, 0.25) is 5.02 Å². The van der Waals surface area contributed by atoms with Crippen LogP contribution in [0.4, 0.5) is 5.69 Å². The van der Waals surface area contributed by atoms with Crippen molar-refractivity contribution in [1.82, 2.24) is 0 Å². The van der Waals surface area contributed by atoms with Crippen molar-refractivity contribution < 1.29 is 9.53 Å². The number of thioether (sulfide) groups is 1. The lowest BCUT2D eigenvalue weighted by Gasteiger charge is -2.08. The maximum Gasteiger partial charge on any atom is 0.341 e. The van der Waals surface area contributed by atoms with E-state index in [1.54, 1.807) is 18.2 Å². The van der Waals surface area contributed by atoms with Crippen LogP contribution in [0.15, 0.2) is 18.2 Å². The standard InChI is InChI=1S/C12H16ClNO2S/c1-2-17-8-4-7-16-12(15)11-9(13)5-3-6-10(11)14/h3,5-6H,2,4,7-8,14H2,1H3. The molecule has 94 valence electrons. The van der Waals surface area contributed by atoms with Crippen molar-refractivity contribution in [3.05, 3.63) is 28.8 Å². The molecule has 1 aromatic carbocycles. The molecule has 3 nitrogen and oxygen atoms in total. The number of anilines is 1. The lowest BCUT2D eigenvalue weighted by molar-refractivity contribution is 0.0508. The number of benzene rings is 1. The summed E-state index contributed by atoms with van der Waals surface area (Å²) in [6.07, 6.45) is 0.842. The second-order valence-corrected chi connectivity index (χ2v) is 5.19. The molecule has 0 aromatic heterocycles. The van der Waals surface area contributed by atoms with E-state index in [0.29, 0.717) is 17.3 Å². The van der Waals surface area contributed by atoms with E-state index in [-0.39, 0.29) is 5.56 Å².